The number of nitrogens with one attached hydrogen (secondary N) is 1. The fourth-order valence-corrected chi connectivity index (χ4v) is 3.88. The van der Waals surface area contributed by atoms with Crippen molar-refractivity contribution in [2.45, 2.75) is 39.9 Å². The highest BCUT2D eigenvalue weighted by Crippen LogP contribution is 2.43. The normalized spacial score (nSPS) is 17.3. The number of amides is 1. The van der Waals surface area contributed by atoms with Crippen molar-refractivity contribution in [1.29, 1.82) is 0 Å². The Balaban J connectivity index is 2.61. The van der Waals surface area contributed by atoms with Crippen LogP contribution < -0.4 is 5.32 Å². The van der Waals surface area contributed by atoms with Crippen LogP contribution in [0, 0.1) is 11.8 Å². The molecule has 9 heteroatoms. The number of benzene rings is 1. The average Bonchev–Trinajstić information content (AvgIpc) is 2.77. The minimum atomic E-state index is -1.85. The third-order valence-electron chi connectivity index (χ3n) is 5.07. The molecule has 0 saturated carbocycles. The van der Waals surface area contributed by atoms with Gasteiger partial charge in [-0.05, 0) is 45.9 Å². The van der Waals surface area contributed by atoms with Gasteiger partial charge in [-0.3, -0.25) is 19.2 Å². The minimum Gasteiger partial charge on any atom is -0.465 e. The second-order valence-corrected chi connectivity index (χ2v) is 7.17. The van der Waals surface area contributed by atoms with E-state index in [0.717, 1.165) is 6.08 Å². The van der Waals surface area contributed by atoms with E-state index in [4.69, 9.17) is 18.9 Å². The van der Waals surface area contributed by atoms with Gasteiger partial charge >= 0.3 is 11.9 Å². The summed E-state index contributed by atoms with van der Waals surface area (Å²) in [5, 5.41) is 2.72. The lowest BCUT2D eigenvalue weighted by molar-refractivity contribution is -0.251. The van der Waals surface area contributed by atoms with E-state index < -0.39 is 41.3 Å². The maximum atomic E-state index is 13.3. The first-order valence-corrected chi connectivity index (χ1v) is 11.1. The SMILES string of the molecule is CCOC(=O)C(C(=O)OCC)C1CC(=O)C=C(C(=O)Nc2ccccc2)C1(OCC)OCC. The Labute approximate surface area is 193 Å². The van der Waals surface area contributed by atoms with Gasteiger partial charge in [0.25, 0.3) is 5.91 Å². The van der Waals surface area contributed by atoms with Crippen molar-refractivity contribution in [2.24, 2.45) is 11.8 Å². The van der Waals surface area contributed by atoms with Crippen LogP contribution in [0.15, 0.2) is 42.0 Å². The van der Waals surface area contributed by atoms with Crippen LogP contribution in [0.5, 0.6) is 0 Å². The average molecular weight is 462 g/mol. The number of carbonyl (C=O) groups is 4. The first-order chi connectivity index (χ1) is 15.8. The maximum Gasteiger partial charge on any atom is 0.320 e. The smallest absolute Gasteiger partial charge is 0.320 e. The summed E-state index contributed by atoms with van der Waals surface area (Å²) in [5.41, 5.74) is 0.363. The molecule has 1 aromatic rings. The van der Waals surface area contributed by atoms with Crippen LogP contribution in [0.3, 0.4) is 0 Å². The molecule has 2 rings (SSSR count). The van der Waals surface area contributed by atoms with E-state index in [2.05, 4.69) is 5.32 Å². The van der Waals surface area contributed by atoms with Crippen LogP contribution in [0.4, 0.5) is 5.69 Å². The number of hydrogen-bond acceptors (Lipinski definition) is 8. The van der Waals surface area contributed by atoms with E-state index >= 15 is 0 Å². The number of ketones is 1. The van der Waals surface area contributed by atoms with Gasteiger partial charge in [0.1, 0.15) is 0 Å². The molecule has 9 nitrogen and oxygen atoms in total. The standard InChI is InChI=1S/C24H31NO8/c1-5-30-22(28)20(23(29)31-6-2)18-14-17(26)15-19(24(18,32-7-3)33-8-4)21(27)25-16-12-10-9-11-13-16/h9-13,15,18,20H,5-8,14H2,1-4H3,(H,25,27). The summed E-state index contributed by atoms with van der Waals surface area (Å²) in [6.07, 6.45) is 0.873. The molecule has 1 aliphatic rings. The van der Waals surface area contributed by atoms with E-state index in [1.54, 1.807) is 58.0 Å². The van der Waals surface area contributed by atoms with Crippen molar-refractivity contribution in [2.75, 3.05) is 31.7 Å². The van der Waals surface area contributed by atoms with Crippen LogP contribution in [0.25, 0.3) is 0 Å². The van der Waals surface area contributed by atoms with E-state index in [0.29, 0.717) is 5.69 Å². The molecule has 33 heavy (non-hydrogen) atoms. The zero-order valence-corrected chi connectivity index (χ0v) is 19.4. The molecule has 1 aliphatic carbocycles. The summed E-state index contributed by atoms with van der Waals surface area (Å²) in [4.78, 5) is 51.8. The second-order valence-electron chi connectivity index (χ2n) is 7.17. The highest BCUT2D eigenvalue weighted by molar-refractivity contribution is 6.11. The largest absolute Gasteiger partial charge is 0.465 e. The molecule has 1 atom stereocenters. The summed E-state index contributed by atoms with van der Waals surface area (Å²) in [6.45, 7) is 6.77. The number of para-hydroxylation sites is 1. The molecule has 0 aromatic heterocycles. The number of anilines is 1. The van der Waals surface area contributed by atoms with E-state index in [1.807, 2.05) is 0 Å². The van der Waals surface area contributed by atoms with Crippen molar-refractivity contribution in [1.82, 2.24) is 0 Å². The van der Waals surface area contributed by atoms with Gasteiger partial charge in [0.05, 0.1) is 18.8 Å². The minimum absolute atomic E-state index is 0.0167. The van der Waals surface area contributed by atoms with Gasteiger partial charge < -0.3 is 24.3 Å². The predicted octanol–water partition coefficient (Wildman–Crippen LogP) is 2.65. The van der Waals surface area contributed by atoms with Gasteiger partial charge in [-0.1, -0.05) is 18.2 Å². The van der Waals surface area contributed by atoms with Crippen molar-refractivity contribution < 1.29 is 38.1 Å². The van der Waals surface area contributed by atoms with Crippen LogP contribution in [0.1, 0.15) is 34.1 Å². The Kier molecular flexibility index (Phi) is 9.74. The Bertz CT molecular complexity index is 856. The quantitative estimate of drug-likeness (QED) is 0.304. The molecule has 1 amide bonds. The third kappa shape index (κ3) is 6.06. The van der Waals surface area contributed by atoms with Gasteiger partial charge in [0.2, 0.25) is 5.79 Å². The number of allylic oxidation sites excluding steroid dienone is 1. The van der Waals surface area contributed by atoms with Gasteiger partial charge in [-0.15, -0.1) is 0 Å². The lowest BCUT2D eigenvalue weighted by Crippen LogP contribution is -2.57. The van der Waals surface area contributed by atoms with Crippen LogP contribution in [-0.4, -0.2) is 55.8 Å². The van der Waals surface area contributed by atoms with Crippen LogP contribution in [-0.2, 0) is 38.1 Å². The van der Waals surface area contributed by atoms with Crippen LogP contribution in [0.2, 0.25) is 0 Å². The Hall–Kier alpha value is -3.04. The Morgan fingerprint density at radius 1 is 0.939 bits per heavy atom. The summed E-state index contributed by atoms with van der Waals surface area (Å²) < 4.78 is 22.2. The molecule has 1 unspecified atom stereocenters. The maximum absolute atomic E-state index is 13.3. The third-order valence-corrected chi connectivity index (χ3v) is 5.07. The molecule has 0 aliphatic heterocycles. The fourth-order valence-electron chi connectivity index (χ4n) is 3.88. The second kappa shape index (κ2) is 12.3. The first-order valence-electron chi connectivity index (χ1n) is 11.1. The Morgan fingerprint density at radius 2 is 1.48 bits per heavy atom. The highest BCUT2D eigenvalue weighted by Gasteiger charge is 2.57. The molecule has 0 heterocycles. The van der Waals surface area contributed by atoms with Gasteiger partial charge in [-0.25, -0.2) is 0 Å². The van der Waals surface area contributed by atoms with Crippen molar-refractivity contribution in [3.8, 4) is 0 Å². The Morgan fingerprint density at radius 3 is 1.97 bits per heavy atom. The summed E-state index contributed by atoms with van der Waals surface area (Å²) in [5.74, 6) is -7.39. The first kappa shape index (κ1) is 26.2. The van der Waals surface area contributed by atoms with Gasteiger partial charge in [-0.2, -0.15) is 0 Å². The molecule has 180 valence electrons. The van der Waals surface area contributed by atoms with Crippen molar-refractivity contribution in [3.05, 3.63) is 42.0 Å². The van der Waals surface area contributed by atoms with Crippen molar-refractivity contribution >= 4 is 29.3 Å². The lowest BCUT2D eigenvalue weighted by Gasteiger charge is -2.44. The van der Waals surface area contributed by atoms with Gasteiger partial charge in [0.15, 0.2) is 11.7 Å². The molecule has 0 bridgehead atoms. The summed E-state index contributed by atoms with van der Waals surface area (Å²) in [7, 11) is 0. The molecule has 0 radical (unpaired) electrons. The van der Waals surface area contributed by atoms with E-state index in [-0.39, 0.29) is 38.4 Å². The number of hydrogen-bond donors (Lipinski definition) is 1. The molecular formula is C24H31NO8. The number of carbonyl (C=O) groups excluding carboxylic acids is 4. The number of esters is 2. The summed E-state index contributed by atoms with van der Waals surface area (Å²) >= 11 is 0. The topological polar surface area (TPSA) is 117 Å². The fraction of sp³-hybridized carbons (Fsp3) is 0.500. The van der Waals surface area contributed by atoms with Crippen LogP contribution >= 0.6 is 0 Å². The monoisotopic (exact) mass is 461 g/mol. The summed E-state index contributed by atoms with van der Waals surface area (Å²) in [6, 6.07) is 8.65. The molecule has 0 saturated heterocycles. The van der Waals surface area contributed by atoms with Gasteiger partial charge in [0, 0.05) is 31.2 Å². The molecule has 0 fully saturated rings. The predicted molar refractivity (Wildman–Crippen MR) is 119 cm³/mol. The van der Waals surface area contributed by atoms with E-state index in [1.165, 1.54) is 0 Å². The highest BCUT2D eigenvalue weighted by atomic mass is 16.7. The molecule has 1 aromatic carbocycles. The number of ether oxygens (including phenoxy) is 4. The molecule has 1 N–H and O–H groups in total. The molecule has 0 spiro atoms. The van der Waals surface area contributed by atoms with Crippen molar-refractivity contribution in [3.63, 3.8) is 0 Å². The molecular weight excluding hydrogens is 430 g/mol. The zero-order chi connectivity index (χ0) is 24.4. The zero-order valence-electron chi connectivity index (χ0n) is 19.4. The lowest BCUT2D eigenvalue weighted by atomic mass is 9.73. The van der Waals surface area contributed by atoms with E-state index in [9.17, 15) is 19.2 Å². The number of rotatable bonds is 11.